The van der Waals surface area contributed by atoms with Gasteiger partial charge in [0.05, 0.1) is 11.7 Å². The molecule has 0 unspecified atom stereocenters. The van der Waals surface area contributed by atoms with Crippen molar-refractivity contribution in [3.63, 3.8) is 0 Å². The molecule has 0 bridgehead atoms. The van der Waals surface area contributed by atoms with Gasteiger partial charge in [-0.15, -0.1) is 11.3 Å². The lowest BCUT2D eigenvalue weighted by Crippen LogP contribution is -2.39. The summed E-state index contributed by atoms with van der Waals surface area (Å²) in [6.45, 7) is 6.74. The summed E-state index contributed by atoms with van der Waals surface area (Å²) in [5.41, 5.74) is 1.99. The lowest BCUT2D eigenvalue weighted by Gasteiger charge is -2.16. The first-order chi connectivity index (χ1) is 10.5. The summed E-state index contributed by atoms with van der Waals surface area (Å²) in [7, 11) is 1.88. The molecule has 5 nitrogen and oxygen atoms in total. The van der Waals surface area contributed by atoms with Crippen molar-refractivity contribution in [1.29, 1.82) is 0 Å². The fraction of sp³-hybridized carbons (Fsp3) is 0.500. The van der Waals surface area contributed by atoms with Crippen molar-refractivity contribution < 1.29 is 4.79 Å². The first kappa shape index (κ1) is 16.5. The smallest absolute Gasteiger partial charge is 0.315 e. The SMILES string of the molecule is Cc1nn(C)cc1[C@H](C)NC(=O)NC[C@@H](C)Cc1cccs1. The van der Waals surface area contributed by atoms with Crippen LogP contribution in [0.25, 0.3) is 0 Å². The first-order valence-electron chi connectivity index (χ1n) is 7.52. The highest BCUT2D eigenvalue weighted by molar-refractivity contribution is 7.09. The summed E-state index contributed by atoms with van der Waals surface area (Å²) in [6, 6.07) is 4.01. The summed E-state index contributed by atoms with van der Waals surface area (Å²) < 4.78 is 1.77. The lowest BCUT2D eigenvalue weighted by atomic mass is 10.1. The second kappa shape index (κ2) is 7.45. The van der Waals surface area contributed by atoms with E-state index in [4.69, 9.17) is 0 Å². The molecule has 0 aliphatic carbocycles. The third-order valence-electron chi connectivity index (χ3n) is 3.61. The van der Waals surface area contributed by atoms with Gasteiger partial charge < -0.3 is 10.6 Å². The maximum absolute atomic E-state index is 12.0. The summed E-state index contributed by atoms with van der Waals surface area (Å²) >= 11 is 1.76. The molecular weight excluding hydrogens is 296 g/mol. The predicted molar refractivity (Wildman–Crippen MR) is 90.1 cm³/mol. The van der Waals surface area contributed by atoms with E-state index in [1.54, 1.807) is 16.0 Å². The molecule has 2 heterocycles. The Kier molecular flexibility index (Phi) is 5.60. The molecule has 2 N–H and O–H groups in total. The molecule has 120 valence electrons. The maximum Gasteiger partial charge on any atom is 0.315 e. The summed E-state index contributed by atoms with van der Waals surface area (Å²) in [4.78, 5) is 13.4. The molecule has 0 fully saturated rings. The van der Waals surface area contributed by atoms with Crippen LogP contribution in [0.2, 0.25) is 0 Å². The summed E-state index contributed by atoms with van der Waals surface area (Å²) in [6.07, 6.45) is 2.94. The number of hydrogen-bond acceptors (Lipinski definition) is 3. The fourth-order valence-electron chi connectivity index (χ4n) is 2.48. The molecule has 2 aromatic heterocycles. The predicted octanol–water partition coefficient (Wildman–Crippen LogP) is 3.03. The molecule has 22 heavy (non-hydrogen) atoms. The van der Waals surface area contributed by atoms with Crippen LogP contribution in [0.4, 0.5) is 4.79 Å². The van der Waals surface area contributed by atoms with Gasteiger partial charge in [0.1, 0.15) is 0 Å². The monoisotopic (exact) mass is 320 g/mol. The van der Waals surface area contributed by atoms with Crippen LogP contribution in [0.3, 0.4) is 0 Å². The minimum absolute atomic E-state index is 0.0543. The summed E-state index contributed by atoms with van der Waals surface area (Å²) in [5.74, 6) is 0.417. The third-order valence-corrected chi connectivity index (χ3v) is 4.51. The second-order valence-electron chi connectivity index (χ2n) is 5.81. The number of carbonyl (C=O) groups excluding carboxylic acids is 1. The molecule has 0 saturated carbocycles. The Morgan fingerprint density at radius 1 is 1.45 bits per heavy atom. The first-order valence-corrected chi connectivity index (χ1v) is 8.40. The van der Waals surface area contributed by atoms with Gasteiger partial charge in [-0.05, 0) is 37.6 Å². The van der Waals surface area contributed by atoms with E-state index in [0.29, 0.717) is 12.5 Å². The number of urea groups is 1. The molecule has 0 aromatic carbocycles. The topological polar surface area (TPSA) is 59.0 Å². The molecule has 0 saturated heterocycles. The van der Waals surface area contributed by atoms with E-state index in [2.05, 4.69) is 40.2 Å². The van der Waals surface area contributed by atoms with Crippen LogP contribution >= 0.6 is 11.3 Å². The zero-order valence-corrected chi connectivity index (χ0v) is 14.4. The lowest BCUT2D eigenvalue weighted by molar-refractivity contribution is 0.236. The van der Waals surface area contributed by atoms with E-state index in [1.807, 2.05) is 27.1 Å². The number of nitrogens with one attached hydrogen (secondary N) is 2. The fourth-order valence-corrected chi connectivity index (χ4v) is 3.35. The van der Waals surface area contributed by atoms with Crippen LogP contribution in [-0.2, 0) is 13.5 Å². The number of aromatic nitrogens is 2. The normalized spacial score (nSPS) is 13.6. The standard InChI is InChI=1S/C16H24N4OS/c1-11(8-14-6-5-7-22-14)9-17-16(21)18-12(2)15-10-20(4)19-13(15)3/h5-7,10-12H,8-9H2,1-4H3,(H2,17,18,21)/t11-,12-/m0/s1. The zero-order valence-electron chi connectivity index (χ0n) is 13.6. The van der Waals surface area contributed by atoms with Gasteiger partial charge in [-0.2, -0.15) is 5.10 Å². The Bertz CT molecular complexity index is 606. The van der Waals surface area contributed by atoms with Crippen molar-refractivity contribution in [3.05, 3.63) is 39.8 Å². The Morgan fingerprint density at radius 2 is 2.23 bits per heavy atom. The number of rotatable bonds is 6. The number of amides is 2. The quantitative estimate of drug-likeness (QED) is 0.859. The Labute approximate surface area is 135 Å². The van der Waals surface area contributed by atoms with E-state index in [0.717, 1.165) is 17.7 Å². The van der Waals surface area contributed by atoms with Crippen LogP contribution in [-0.4, -0.2) is 22.4 Å². The van der Waals surface area contributed by atoms with Gasteiger partial charge in [0.2, 0.25) is 0 Å². The van der Waals surface area contributed by atoms with E-state index >= 15 is 0 Å². The number of carbonyl (C=O) groups is 1. The molecule has 2 amide bonds. The highest BCUT2D eigenvalue weighted by atomic mass is 32.1. The van der Waals surface area contributed by atoms with Gasteiger partial charge in [-0.1, -0.05) is 13.0 Å². The molecule has 2 aromatic rings. The largest absolute Gasteiger partial charge is 0.338 e. The van der Waals surface area contributed by atoms with Crippen LogP contribution in [0.5, 0.6) is 0 Å². The zero-order chi connectivity index (χ0) is 16.1. The van der Waals surface area contributed by atoms with Gasteiger partial charge in [-0.25, -0.2) is 4.79 Å². The van der Waals surface area contributed by atoms with E-state index in [1.165, 1.54) is 4.88 Å². The van der Waals surface area contributed by atoms with Gasteiger partial charge in [-0.3, -0.25) is 4.68 Å². The van der Waals surface area contributed by atoms with Crippen molar-refractivity contribution in [2.45, 2.75) is 33.2 Å². The van der Waals surface area contributed by atoms with Gasteiger partial charge in [0, 0.05) is 30.2 Å². The molecule has 0 aliphatic rings. The van der Waals surface area contributed by atoms with Crippen LogP contribution in [0.15, 0.2) is 23.7 Å². The number of hydrogen-bond donors (Lipinski definition) is 2. The van der Waals surface area contributed by atoms with Crippen LogP contribution < -0.4 is 10.6 Å². The minimum atomic E-state index is -0.131. The molecule has 0 spiro atoms. The Hall–Kier alpha value is -1.82. The second-order valence-corrected chi connectivity index (χ2v) is 6.84. The van der Waals surface area contributed by atoms with E-state index in [-0.39, 0.29) is 12.1 Å². The van der Waals surface area contributed by atoms with Gasteiger partial charge >= 0.3 is 6.03 Å². The van der Waals surface area contributed by atoms with E-state index in [9.17, 15) is 4.79 Å². The van der Waals surface area contributed by atoms with Crippen molar-refractivity contribution in [2.24, 2.45) is 13.0 Å². The average Bonchev–Trinajstić information content (AvgIpc) is 3.06. The highest BCUT2D eigenvalue weighted by Crippen LogP contribution is 2.16. The highest BCUT2D eigenvalue weighted by Gasteiger charge is 2.14. The molecule has 2 rings (SSSR count). The van der Waals surface area contributed by atoms with Crippen molar-refractivity contribution in [2.75, 3.05) is 6.54 Å². The van der Waals surface area contributed by atoms with Crippen molar-refractivity contribution in [3.8, 4) is 0 Å². The Morgan fingerprint density at radius 3 is 2.82 bits per heavy atom. The Balaban J connectivity index is 1.76. The minimum Gasteiger partial charge on any atom is -0.338 e. The van der Waals surface area contributed by atoms with Crippen molar-refractivity contribution >= 4 is 17.4 Å². The number of aryl methyl sites for hydroxylation is 2. The maximum atomic E-state index is 12.0. The molecule has 6 heteroatoms. The van der Waals surface area contributed by atoms with Crippen LogP contribution in [0, 0.1) is 12.8 Å². The average molecular weight is 320 g/mol. The number of thiophene rings is 1. The van der Waals surface area contributed by atoms with E-state index < -0.39 is 0 Å². The molecular formula is C16H24N4OS. The molecule has 0 radical (unpaired) electrons. The molecule has 2 atom stereocenters. The summed E-state index contributed by atoms with van der Waals surface area (Å²) in [5, 5.41) is 12.3. The third kappa shape index (κ3) is 4.59. The van der Waals surface area contributed by atoms with Crippen LogP contribution in [0.1, 0.15) is 36.0 Å². The van der Waals surface area contributed by atoms with Gasteiger partial charge in [0.25, 0.3) is 0 Å². The molecule has 0 aliphatic heterocycles. The van der Waals surface area contributed by atoms with Gasteiger partial charge in [0.15, 0.2) is 0 Å². The number of nitrogens with zero attached hydrogens (tertiary/aromatic N) is 2. The van der Waals surface area contributed by atoms with Crippen molar-refractivity contribution in [1.82, 2.24) is 20.4 Å².